The molecule has 0 radical (unpaired) electrons. The van der Waals surface area contributed by atoms with E-state index in [1.807, 2.05) is 19.9 Å². The Bertz CT molecular complexity index is 526. The van der Waals surface area contributed by atoms with Gasteiger partial charge in [-0.15, -0.1) is 0 Å². The fraction of sp³-hybridized carbons (Fsp3) is 0.385. The summed E-state index contributed by atoms with van der Waals surface area (Å²) in [5.41, 5.74) is 10.5. The van der Waals surface area contributed by atoms with E-state index in [4.69, 9.17) is 10.5 Å². The first-order valence-corrected chi connectivity index (χ1v) is 5.47. The molecule has 86 valence electrons. The summed E-state index contributed by atoms with van der Waals surface area (Å²) in [5.74, 6) is 0.880. The van der Waals surface area contributed by atoms with Crippen LogP contribution in [0.25, 0.3) is 10.9 Å². The molecule has 2 rings (SSSR count). The Hall–Kier alpha value is -1.48. The van der Waals surface area contributed by atoms with Gasteiger partial charge in [-0.2, -0.15) is 0 Å². The lowest BCUT2D eigenvalue weighted by molar-refractivity contribution is 0.418. The van der Waals surface area contributed by atoms with Crippen molar-refractivity contribution < 1.29 is 4.74 Å². The Labute approximate surface area is 95.6 Å². The third kappa shape index (κ3) is 1.57. The van der Waals surface area contributed by atoms with E-state index in [2.05, 4.69) is 18.0 Å². The average Bonchev–Trinajstić information content (AvgIpc) is 2.52. The molecular weight excluding hydrogens is 200 g/mol. The molecule has 0 amide bonds. The molecule has 1 heterocycles. The maximum absolute atomic E-state index is 6.01. The molecule has 1 unspecified atom stereocenters. The lowest BCUT2D eigenvalue weighted by Gasteiger charge is -2.07. The molecule has 3 nitrogen and oxygen atoms in total. The van der Waals surface area contributed by atoms with E-state index in [9.17, 15) is 0 Å². The van der Waals surface area contributed by atoms with Crippen molar-refractivity contribution in [2.45, 2.75) is 26.8 Å². The van der Waals surface area contributed by atoms with Crippen LogP contribution in [0, 0.1) is 13.8 Å². The summed E-state index contributed by atoms with van der Waals surface area (Å²) in [5, 5.41) is 1.17. The minimum absolute atomic E-state index is 0.0280. The number of ether oxygens (including phenoxy) is 1. The Morgan fingerprint density at radius 1 is 1.31 bits per heavy atom. The van der Waals surface area contributed by atoms with Crippen LogP contribution in [0.3, 0.4) is 0 Å². The van der Waals surface area contributed by atoms with Gasteiger partial charge in [0.2, 0.25) is 0 Å². The van der Waals surface area contributed by atoms with E-state index >= 15 is 0 Å². The number of H-pyrrole nitrogens is 1. The lowest BCUT2D eigenvalue weighted by atomic mass is 10.0. The van der Waals surface area contributed by atoms with Gasteiger partial charge in [0.1, 0.15) is 5.75 Å². The number of nitrogens with two attached hydrogens (primary N) is 1. The van der Waals surface area contributed by atoms with Crippen LogP contribution < -0.4 is 10.5 Å². The molecule has 0 aliphatic heterocycles. The van der Waals surface area contributed by atoms with Crippen molar-refractivity contribution in [1.82, 2.24) is 4.98 Å². The summed E-state index contributed by atoms with van der Waals surface area (Å²) >= 11 is 0. The van der Waals surface area contributed by atoms with Gasteiger partial charge in [0.25, 0.3) is 0 Å². The molecular formula is C13H18N2O. The van der Waals surface area contributed by atoms with Crippen molar-refractivity contribution in [3.05, 3.63) is 29.0 Å². The summed E-state index contributed by atoms with van der Waals surface area (Å²) in [6, 6.07) is 4.21. The average molecular weight is 218 g/mol. The Balaban J connectivity index is 2.83. The minimum atomic E-state index is 0.0280. The van der Waals surface area contributed by atoms with Gasteiger partial charge in [-0.1, -0.05) is 0 Å². The molecule has 0 saturated carbocycles. The van der Waals surface area contributed by atoms with E-state index in [0.717, 1.165) is 17.0 Å². The minimum Gasteiger partial charge on any atom is -0.495 e. The largest absolute Gasteiger partial charge is 0.495 e. The van der Waals surface area contributed by atoms with E-state index < -0.39 is 0 Å². The number of hydrogen-bond acceptors (Lipinski definition) is 2. The molecule has 0 aliphatic rings. The second-order valence-electron chi connectivity index (χ2n) is 4.34. The molecule has 3 heteroatoms. The number of benzene rings is 1. The van der Waals surface area contributed by atoms with Crippen LogP contribution in [-0.2, 0) is 0 Å². The van der Waals surface area contributed by atoms with Crippen LogP contribution >= 0.6 is 0 Å². The fourth-order valence-corrected chi connectivity index (χ4v) is 2.30. The second kappa shape index (κ2) is 3.83. The first kappa shape index (κ1) is 11.0. The van der Waals surface area contributed by atoms with Gasteiger partial charge in [-0.3, -0.25) is 0 Å². The molecule has 0 saturated heterocycles. The highest BCUT2D eigenvalue weighted by molar-refractivity contribution is 5.90. The van der Waals surface area contributed by atoms with Gasteiger partial charge in [-0.25, -0.2) is 0 Å². The fourth-order valence-electron chi connectivity index (χ4n) is 2.30. The SMILES string of the molecule is COc1cc(C)cc2c(C(C)N)c(C)[nH]c12. The smallest absolute Gasteiger partial charge is 0.143 e. The van der Waals surface area contributed by atoms with Crippen molar-refractivity contribution in [2.75, 3.05) is 7.11 Å². The van der Waals surface area contributed by atoms with E-state index in [1.165, 1.54) is 16.5 Å². The van der Waals surface area contributed by atoms with Crippen LogP contribution in [-0.4, -0.2) is 12.1 Å². The van der Waals surface area contributed by atoms with Crippen LogP contribution in [0.1, 0.15) is 29.8 Å². The van der Waals surface area contributed by atoms with Crippen LogP contribution in [0.5, 0.6) is 5.75 Å². The van der Waals surface area contributed by atoms with E-state index in [1.54, 1.807) is 7.11 Å². The molecule has 16 heavy (non-hydrogen) atoms. The van der Waals surface area contributed by atoms with Crippen LogP contribution in [0.2, 0.25) is 0 Å². The summed E-state index contributed by atoms with van der Waals surface area (Å²) in [6.07, 6.45) is 0. The topological polar surface area (TPSA) is 51.0 Å². The number of aromatic amines is 1. The highest BCUT2D eigenvalue weighted by Gasteiger charge is 2.15. The zero-order chi connectivity index (χ0) is 11.9. The third-order valence-corrected chi connectivity index (χ3v) is 2.93. The summed E-state index contributed by atoms with van der Waals surface area (Å²) < 4.78 is 5.38. The van der Waals surface area contributed by atoms with Gasteiger partial charge in [0, 0.05) is 17.1 Å². The third-order valence-electron chi connectivity index (χ3n) is 2.93. The van der Waals surface area contributed by atoms with Crippen molar-refractivity contribution in [3.63, 3.8) is 0 Å². The molecule has 3 N–H and O–H groups in total. The van der Waals surface area contributed by atoms with Gasteiger partial charge in [0.15, 0.2) is 0 Å². The number of hydrogen-bond donors (Lipinski definition) is 2. The van der Waals surface area contributed by atoms with Crippen molar-refractivity contribution in [1.29, 1.82) is 0 Å². The monoisotopic (exact) mass is 218 g/mol. The van der Waals surface area contributed by atoms with E-state index in [0.29, 0.717) is 0 Å². The molecule has 0 aliphatic carbocycles. The van der Waals surface area contributed by atoms with Crippen molar-refractivity contribution in [2.24, 2.45) is 5.73 Å². The molecule has 2 aromatic rings. The van der Waals surface area contributed by atoms with Gasteiger partial charge in [0.05, 0.1) is 12.6 Å². The predicted octanol–water partition coefficient (Wildman–Crippen LogP) is 2.81. The Morgan fingerprint density at radius 3 is 2.56 bits per heavy atom. The predicted molar refractivity (Wildman–Crippen MR) is 66.9 cm³/mol. The van der Waals surface area contributed by atoms with Crippen LogP contribution in [0.15, 0.2) is 12.1 Å². The maximum atomic E-state index is 6.01. The number of nitrogens with one attached hydrogen (secondary N) is 1. The first-order chi connectivity index (χ1) is 7.54. The summed E-state index contributed by atoms with van der Waals surface area (Å²) in [6.45, 7) is 6.12. The van der Waals surface area contributed by atoms with Crippen LogP contribution in [0.4, 0.5) is 0 Å². The number of aryl methyl sites for hydroxylation is 2. The number of fused-ring (bicyclic) bond motifs is 1. The zero-order valence-corrected chi connectivity index (χ0v) is 10.2. The molecule has 1 aromatic carbocycles. The normalized spacial score (nSPS) is 13.1. The standard InChI is InChI=1S/C13H18N2O/c1-7-5-10-12(8(2)14)9(3)15-13(10)11(6-7)16-4/h5-6,8,15H,14H2,1-4H3. The zero-order valence-electron chi connectivity index (χ0n) is 10.2. The van der Waals surface area contributed by atoms with Crippen molar-refractivity contribution in [3.8, 4) is 5.75 Å². The first-order valence-electron chi connectivity index (χ1n) is 5.47. The second-order valence-corrected chi connectivity index (χ2v) is 4.34. The summed E-state index contributed by atoms with van der Waals surface area (Å²) in [4.78, 5) is 3.35. The summed E-state index contributed by atoms with van der Waals surface area (Å²) in [7, 11) is 1.69. The Kier molecular flexibility index (Phi) is 2.64. The number of methoxy groups -OCH3 is 1. The number of aromatic nitrogens is 1. The quantitative estimate of drug-likeness (QED) is 0.814. The Morgan fingerprint density at radius 2 is 2.00 bits per heavy atom. The highest BCUT2D eigenvalue weighted by Crippen LogP contribution is 2.33. The maximum Gasteiger partial charge on any atom is 0.143 e. The molecule has 0 spiro atoms. The van der Waals surface area contributed by atoms with Crippen molar-refractivity contribution >= 4 is 10.9 Å². The lowest BCUT2D eigenvalue weighted by Crippen LogP contribution is -2.05. The molecule has 1 aromatic heterocycles. The van der Waals surface area contributed by atoms with Gasteiger partial charge in [-0.05, 0) is 44.0 Å². The van der Waals surface area contributed by atoms with E-state index in [-0.39, 0.29) is 6.04 Å². The molecule has 1 atom stereocenters. The highest BCUT2D eigenvalue weighted by atomic mass is 16.5. The number of rotatable bonds is 2. The van der Waals surface area contributed by atoms with Gasteiger partial charge >= 0.3 is 0 Å². The molecule has 0 fully saturated rings. The van der Waals surface area contributed by atoms with Gasteiger partial charge < -0.3 is 15.5 Å². The molecule has 0 bridgehead atoms.